The van der Waals surface area contributed by atoms with E-state index in [2.05, 4.69) is 74.6 Å². The second kappa shape index (κ2) is 10.6. The zero-order valence-electron chi connectivity index (χ0n) is 14.9. The lowest BCUT2D eigenvalue weighted by Gasteiger charge is -2.13. The first kappa shape index (κ1) is 23.2. The number of ether oxygens (including phenoxy) is 2. The van der Waals surface area contributed by atoms with Gasteiger partial charge in [0.15, 0.2) is 13.2 Å². The number of benzene rings is 2. The predicted molar refractivity (Wildman–Crippen MR) is 120 cm³/mol. The molecule has 0 aliphatic heterocycles. The molecule has 2 N–H and O–H groups in total. The van der Waals surface area contributed by atoms with E-state index in [9.17, 15) is 9.59 Å². The summed E-state index contributed by atoms with van der Waals surface area (Å²) in [7, 11) is 0. The van der Waals surface area contributed by atoms with E-state index in [0.717, 1.165) is 29.0 Å². The number of hydrogen-bond acceptors (Lipinski definition) is 4. The van der Waals surface area contributed by atoms with Gasteiger partial charge in [0.1, 0.15) is 11.5 Å². The lowest BCUT2D eigenvalue weighted by atomic mass is 10.2. The highest BCUT2D eigenvalue weighted by atomic mass is 79.9. The second-order valence-corrected chi connectivity index (χ2v) is 9.28. The summed E-state index contributed by atoms with van der Waals surface area (Å²) in [6, 6.07) is 7.39. The smallest absolute Gasteiger partial charge is 0.276 e. The first-order valence-corrected chi connectivity index (χ1v) is 11.1. The molecule has 2 aromatic rings. The molecule has 2 amide bonds. The lowest BCUT2D eigenvalue weighted by molar-refractivity contribution is -0.131. The topological polar surface area (TPSA) is 76.7 Å². The molecule has 0 fully saturated rings. The molecule has 0 atom stereocenters. The Morgan fingerprint density at radius 3 is 1.43 bits per heavy atom. The van der Waals surface area contributed by atoms with Crippen molar-refractivity contribution >= 4 is 75.5 Å². The van der Waals surface area contributed by atoms with Gasteiger partial charge in [-0.2, -0.15) is 0 Å². The van der Waals surface area contributed by atoms with Gasteiger partial charge in [0.2, 0.25) is 0 Å². The normalized spacial score (nSPS) is 10.4. The van der Waals surface area contributed by atoms with Crippen molar-refractivity contribution in [3.63, 3.8) is 0 Å². The maximum absolute atomic E-state index is 11.9. The van der Waals surface area contributed by atoms with Crippen molar-refractivity contribution < 1.29 is 19.1 Å². The molecule has 28 heavy (non-hydrogen) atoms. The molecule has 2 aromatic carbocycles. The van der Waals surface area contributed by atoms with E-state index in [1.54, 1.807) is 0 Å². The summed E-state index contributed by atoms with van der Waals surface area (Å²) in [5, 5.41) is 0. The third-order valence-electron chi connectivity index (χ3n) is 3.42. The fourth-order valence-corrected chi connectivity index (χ4v) is 5.34. The molecule has 0 aromatic heterocycles. The molecular formula is C18H16Br4N2O4. The SMILES string of the molecule is Cc1cc(Br)cc(Br)c1OCC(=O)NNC(=O)COc1c(C)cc(Br)cc1Br. The van der Waals surface area contributed by atoms with Crippen LogP contribution in [0.3, 0.4) is 0 Å². The Balaban J connectivity index is 1.79. The summed E-state index contributed by atoms with van der Waals surface area (Å²) in [5.74, 6) is 0.124. The quantitative estimate of drug-likeness (QED) is 0.437. The molecule has 0 saturated heterocycles. The summed E-state index contributed by atoms with van der Waals surface area (Å²) in [6.07, 6.45) is 0. The van der Waals surface area contributed by atoms with E-state index < -0.39 is 11.8 Å². The number of carbonyl (C=O) groups is 2. The number of hydrazine groups is 1. The van der Waals surface area contributed by atoms with Crippen molar-refractivity contribution in [3.05, 3.63) is 53.3 Å². The highest BCUT2D eigenvalue weighted by Crippen LogP contribution is 2.33. The molecule has 6 nitrogen and oxygen atoms in total. The van der Waals surface area contributed by atoms with Crippen LogP contribution >= 0.6 is 63.7 Å². The van der Waals surface area contributed by atoms with Gasteiger partial charge in [0.05, 0.1) is 8.95 Å². The van der Waals surface area contributed by atoms with Crippen molar-refractivity contribution in [2.75, 3.05) is 13.2 Å². The Morgan fingerprint density at radius 1 is 0.750 bits per heavy atom. The summed E-state index contributed by atoms with van der Waals surface area (Å²) in [6.45, 7) is 3.23. The van der Waals surface area contributed by atoms with Gasteiger partial charge in [-0.05, 0) is 81.1 Å². The third-order valence-corrected chi connectivity index (χ3v) is 5.52. The van der Waals surface area contributed by atoms with E-state index in [1.165, 1.54) is 0 Å². The van der Waals surface area contributed by atoms with Crippen LogP contribution in [0.2, 0.25) is 0 Å². The molecule has 10 heteroatoms. The van der Waals surface area contributed by atoms with Gasteiger partial charge in [-0.15, -0.1) is 0 Å². The van der Waals surface area contributed by atoms with E-state index in [1.807, 2.05) is 38.1 Å². The Bertz CT molecular complexity index is 786. The fourth-order valence-electron chi connectivity index (χ4n) is 2.23. The molecule has 0 heterocycles. The molecule has 0 bridgehead atoms. The average Bonchev–Trinajstić information content (AvgIpc) is 2.58. The van der Waals surface area contributed by atoms with Gasteiger partial charge < -0.3 is 9.47 Å². The van der Waals surface area contributed by atoms with Gasteiger partial charge >= 0.3 is 0 Å². The lowest BCUT2D eigenvalue weighted by Crippen LogP contribution is -2.45. The number of amides is 2. The van der Waals surface area contributed by atoms with Gasteiger partial charge in [0, 0.05) is 8.95 Å². The summed E-state index contributed by atoms with van der Waals surface area (Å²) < 4.78 is 14.3. The molecular weight excluding hydrogens is 628 g/mol. The zero-order chi connectivity index (χ0) is 20.8. The maximum Gasteiger partial charge on any atom is 0.276 e. The molecule has 150 valence electrons. The Labute approximate surface area is 196 Å². The van der Waals surface area contributed by atoms with Gasteiger partial charge in [-0.1, -0.05) is 31.9 Å². The van der Waals surface area contributed by atoms with Crippen LogP contribution < -0.4 is 20.3 Å². The Hall–Kier alpha value is -1.10. The standard InChI is InChI=1S/C18H16Br4N2O4/c1-9-3-11(19)5-13(21)17(9)27-7-15(25)23-24-16(26)8-28-18-10(2)4-12(20)6-14(18)22/h3-6H,7-8H2,1-2H3,(H,23,25)(H,24,26). The van der Waals surface area contributed by atoms with Crippen LogP contribution in [0.4, 0.5) is 0 Å². The third kappa shape index (κ3) is 6.75. The monoisotopic (exact) mass is 640 g/mol. The molecule has 2 rings (SSSR count). The number of halogens is 4. The Morgan fingerprint density at radius 2 is 1.11 bits per heavy atom. The highest BCUT2D eigenvalue weighted by molar-refractivity contribution is 9.11. The molecule has 0 spiro atoms. The van der Waals surface area contributed by atoms with Gasteiger partial charge in [0.25, 0.3) is 11.8 Å². The van der Waals surface area contributed by atoms with Crippen molar-refractivity contribution in [2.45, 2.75) is 13.8 Å². The minimum Gasteiger partial charge on any atom is -0.482 e. The van der Waals surface area contributed by atoms with Crippen molar-refractivity contribution in [3.8, 4) is 11.5 Å². The molecule has 0 saturated carbocycles. The van der Waals surface area contributed by atoms with E-state index in [4.69, 9.17) is 9.47 Å². The van der Waals surface area contributed by atoms with Crippen LogP contribution in [-0.4, -0.2) is 25.0 Å². The van der Waals surface area contributed by atoms with Crippen LogP contribution in [0.15, 0.2) is 42.2 Å². The molecule has 0 aliphatic carbocycles. The number of hydrogen-bond donors (Lipinski definition) is 2. The van der Waals surface area contributed by atoms with E-state index in [0.29, 0.717) is 11.5 Å². The van der Waals surface area contributed by atoms with Crippen molar-refractivity contribution in [2.24, 2.45) is 0 Å². The zero-order valence-corrected chi connectivity index (χ0v) is 21.2. The number of nitrogens with one attached hydrogen (secondary N) is 2. The molecule has 0 radical (unpaired) electrons. The summed E-state index contributed by atoms with van der Waals surface area (Å²) in [4.78, 5) is 23.8. The highest BCUT2D eigenvalue weighted by Gasteiger charge is 2.12. The number of aryl methyl sites for hydroxylation is 2. The molecule has 0 unspecified atom stereocenters. The first-order chi connectivity index (χ1) is 13.2. The minimum absolute atomic E-state index is 0.250. The maximum atomic E-state index is 11.9. The largest absolute Gasteiger partial charge is 0.482 e. The van der Waals surface area contributed by atoms with Gasteiger partial charge in [-0.25, -0.2) is 0 Å². The predicted octanol–water partition coefficient (Wildman–Crippen LogP) is 4.96. The van der Waals surface area contributed by atoms with Crippen LogP contribution in [0, 0.1) is 13.8 Å². The minimum atomic E-state index is -0.497. The van der Waals surface area contributed by atoms with Crippen molar-refractivity contribution in [1.29, 1.82) is 0 Å². The van der Waals surface area contributed by atoms with Crippen LogP contribution in [0.25, 0.3) is 0 Å². The number of carbonyl (C=O) groups excluding carboxylic acids is 2. The second-order valence-electron chi connectivity index (χ2n) is 5.74. The van der Waals surface area contributed by atoms with Crippen LogP contribution in [0.1, 0.15) is 11.1 Å². The van der Waals surface area contributed by atoms with E-state index in [-0.39, 0.29) is 13.2 Å². The average molecular weight is 644 g/mol. The summed E-state index contributed by atoms with van der Waals surface area (Å²) >= 11 is 13.5. The van der Waals surface area contributed by atoms with Crippen LogP contribution in [0.5, 0.6) is 11.5 Å². The van der Waals surface area contributed by atoms with Crippen molar-refractivity contribution in [1.82, 2.24) is 10.9 Å². The summed E-state index contributed by atoms with van der Waals surface area (Å²) in [5.41, 5.74) is 6.31. The van der Waals surface area contributed by atoms with E-state index >= 15 is 0 Å². The molecule has 0 aliphatic rings. The first-order valence-electron chi connectivity index (χ1n) is 7.92. The fraction of sp³-hybridized carbons (Fsp3) is 0.222. The van der Waals surface area contributed by atoms with Gasteiger partial charge in [-0.3, -0.25) is 20.4 Å². The Kier molecular flexibility index (Phi) is 8.79. The number of rotatable bonds is 6. The van der Waals surface area contributed by atoms with Crippen LogP contribution in [-0.2, 0) is 9.59 Å².